The molecular formula is C24H19ClN6O3. The van der Waals surface area contributed by atoms with Crippen molar-refractivity contribution >= 4 is 17.3 Å². The Labute approximate surface area is 198 Å². The standard InChI is InChI=1S/C24H19ClN6O3/c1-2-30-23(32)29-22(31(24(30)33)15-16-5-7-18(25)8-6-16)28-19-9-11-20(12-10-19)34-21-17(14-26)4-3-13-27-21/h3-13H,2,15H2,1H3,(H,28,29,32). The van der Waals surface area contributed by atoms with Gasteiger partial charge in [0.1, 0.15) is 17.4 Å². The van der Waals surface area contributed by atoms with Crippen molar-refractivity contribution in [2.24, 2.45) is 4.99 Å². The van der Waals surface area contributed by atoms with E-state index < -0.39 is 11.4 Å². The highest BCUT2D eigenvalue weighted by Crippen LogP contribution is 2.24. The van der Waals surface area contributed by atoms with E-state index >= 15 is 0 Å². The van der Waals surface area contributed by atoms with Crippen molar-refractivity contribution in [3.8, 4) is 17.7 Å². The molecule has 34 heavy (non-hydrogen) atoms. The van der Waals surface area contributed by atoms with Crippen molar-refractivity contribution < 1.29 is 4.74 Å². The van der Waals surface area contributed by atoms with E-state index in [-0.39, 0.29) is 24.6 Å². The van der Waals surface area contributed by atoms with Crippen molar-refractivity contribution in [3.63, 3.8) is 0 Å². The predicted molar refractivity (Wildman–Crippen MR) is 126 cm³/mol. The fraction of sp³-hybridized carbons (Fsp3) is 0.125. The number of aromatic amines is 1. The first-order valence-electron chi connectivity index (χ1n) is 10.3. The minimum atomic E-state index is -0.544. The Hall–Kier alpha value is -4.42. The third-order valence-electron chi connectivity index (χ3n) is 4.93. The number of nitrogens with zero attached hydrogens (tertiary/aromatic N) is 5. The molecule has 0 saturated heterocycles. The average molecular weight is 475 g/mol. The first-order chi connectivity index (χ1) is 16.5. The smallest absolute Gasteiger partial charge is 0.335 e. The van der Waals surface area contributed by atoms with Crippen LogP contribution < -0.4 is 21.7 Å². The van der Waals surface area contributed by atoms with Crippen LogP contribution in [0.15, 0.2) is 81.4 Å². The van der Waals surface area contributed by atoms with E-state index in [1.165, 1.54) is 10.8 Å². The molecule has 1 N–H and O–H groups in total. The van der Waals surface area contributed by atoms with E-state index in [9.17, 15) is 14.9 Å². The molecule has 0 saturated carbocycles. The number of ether oxygens (including phenoxy) is 1. The highest BCUT2D eigenvalue weighted by atomic mass is 35.5. The van der Waals surface area contributed by atoms with Crippen LogP contribution in [-0.2, 0) is 13.1 Å². The maximum absolute atomic E-state index is 13.0. The van der Waals surface area contributed by atoms with Gasteiger partial charge in [-0.1, -0.05) is 23.7 Å². The van der Waals surface area contributed by atoms with Crippen molar-refractivity contribution in [2.45, 2.75) is 20.0 Å². The number of halogens is 1. The van der Waals surface area contributed by atoms with Gasteiger partial charge < -0.3 is 4.74 Å². The average Bonchev–Trinajstić information content (AvgIpc) is 2.84. The Kier molecular flexibility index (Phi) is 6.71. The largest absolute Gasteiger partial charge is 0.438 e. The molecule has 9 nitrogen and oxygen atoms in total. The Bertz CT molecular complexity index is 1540. The van der Waals surface area contributed by atoms with Gasteiger partial charge >= 0.3 is 11.4 Å². The van der Waals surface area contributed by atoms with Crippen LogP contribution >= 0.6 is 11.6 Å². The number of H-pyrrole nitrogens is 1. The van der Waals surface area contributed by atoms with Gasteiger partial charge in [-0.3, -0.25) is 9.55 Å². The highest BCUT2D eigenvalue weighted by molar-refractivity contribution is 6.30. The summed E-state index contributed by atoms with van der Waals surface area (Å²) >= 11 is 5.97. The molecule has 2 aromatic heterocycles. The minimum Gasteiger partial charge on any atom is -0.438 e. The second kappa shape index (κ2) is 10.0. The number of aromatic nitrogens is 4. The summed E-state index contributed by atoms with van der Waals surface area (Å²) in [6.45, 7) is 2.14. The Morgan fingerprint density at radius 2 is 1.82 bits per heavy atom. The monoisotopic (exact) mass is 474 g/mol. The van der Waals surface area contributed by atoms with Gasteiger partial charge in [-0.05, 0) is 61.0 Å². The Balaban J connectivity index is 1.72. The molecule has 170 valence electrons. The molecule has 10 heteroatoms. The number of nitriles is 1. The van der Waals surface area contributed by atoms with E-state index in [0.717, 1.165) is 10.1 Å². The zero-order chi connectivity index (χ0) is 24.1. The summed E-state index contributed by atoms with van der Waals surface area (Å²) in [6.07, 6.45) is 1.54. The molecule has 0 spiro atoms. The summed E-state index contributed by atoms with van der Waals surface area (Å²) in [5, 5.41) is 9.77. The van der Waals surface area contributed by atoms with Crippen LogP contribution in [0, 0.1) is 11.3 Å². The molecule has 0 radical (unpaired) electrons. The first kappa shape index (κ1) is 22.8. The second-order valence-corrected chi connectivity index (χ2v) is 7.61. The maximum atomic E-state index is 13.0. The molecule has 0 aliphatic rings. The topological polar surface area (TPSA) is 118 Å². The zero-order valence-corrected chi connectivity index (χ0v) is 18.9. The summed E-state index contributed by atoms with van der Waals surface area (Å²) < 4.78 is 8.18. The third-order valence-corrected chi connectivity index (χ3v) is 5.18. The summed E-state index contributed by atoms with van der Waals surface area (Å²) in [5.74, 6) is 0.654. The first-order valence-corrected chi connectivity index (χ1v) is 10.7. The van der Waals surface area contributed by atoms with Crippen LogP contribution in [0.5, 0.6) is 11.6 Å². The summed E-state index contributed by atoms with van der Waals surface area (Å²) in [5.41, 5.74) is 0.721. The van der Waals surface area contributed by atoms with Gasteiger partial charge in [0.05, 0.1) is 12.2 Å². The number of nitrogens with one attached hydrogen (secondary N) is 1. The molecule has 0 unspecified atom stereocenters. The third kappa shape index (κ3) is 4.98. The fourth-order valence-electron chi connectivity index (χ4n) is 3.22. The number of hydrogen-bond donors (Lipinski definition) is 1. The lowest BCUT2D eigenvalue weighted by Crippen LogP contribution is -2.49. The Morgan fingerprint density at radius 3 is 2.50 bits per heavy atom. The van der Waals surface area contributed by atoms with Crippen LogP contribution in [0.4, 0.5) is 5.69 Å². The predicted octanol–water partition coefficient (Wildman–Crippen LogP) is 3.35. The van der Waals surface area contributed by atoms with E-state index in [4.69, 9.17) is 16.3 Å². The van der Waals surface area contributed by atoms with E-state index in [2.05, 4.69) is 15.0 Å². The second-order valence-electron chi connectivity index (χ2n) is 7.17. The lowest BCUT2D eigenvalue weighted by Gasteiger charge is -2.10. The number of pyridine rings is 1. The summed E-state index contributed by atoms with van der Waals surface area (Å²) in [4.78, 5) is 36.6. The molecular weight excluding hydrogens is 456 g/mol. The van der Waals surface area contributed by atoms with Crippen LogP contribution in [0.1, 0.15) is 18.1 Å². The van der Waals surface area contributed by atoms with Crippen molar-refractivity contribution in [2.75, 3.05) is 0 Å². The van der Waals surface area contributed by atoms with Gasteiger partial charge in [-0.15, -0.1) is 0 Å². The molecule has 0 aliphatic heterocycles. The summed E-state index contributed by atoms with van der Waals surface area (Å²) in [7, 11) is 0. The van der Waals surface area contributed by atoms with E-state index in [1.807, 2.05) is 6.07 Å². The van der Waals surface area contributed by atoms with Gasteiger partial charge in [0.15, 0.2) is 0 Å². The van der Waals surface area contributed by atoms with E-state index in [0.29, 0.717) is 22.0 Å². The van der Waals surface area contributed by atoms with Crippen LogP contribution in [0.3, 0.4) is 0 Å². The van der Waals surface area contributed by atoms with Gasteiger partial charge in [-0.25, -0.2) is 24.1 Å². The SMILES string of the molecule is CCn1c(=O)[nH]/c(=N\c2ccc(Oc3ncccc3C#N)cc2)n(Cc2ccc(Cl)cc2)c1=O. The van der Waals surface area contributed by atoms with Gasteiger partial charge in [0, 0.05) is 17.8 Å². The number of benzene rings is 2. The maximum Gasteiger partial charge on any atom is 0.335 e. The van der Waals surface area contributed by atoms with E-state index in [1.54, 1.807) is 67.6 Å². The van der Waals surface area contributed by atoms with Crippen LogP contribution in [0.25, 0.3) is 0 Å². The van der Waals surface area contributed by atoms with Crippen molar-refractivity contribution in [3.05, 3.63) is 110 Å². The molecule has 0 aliphatic carbocycles. The fourth-order valence-corrected chi connectivity index (χ4v) is 3.34. The van der Waals surface area contributed by atoms with Crippen LogP contribution in [0.2, 0.25) is 5.02 Å². The van der Waals surface area contributed by atoms with Gasteiger partial charge in [0.2, 0.25) is 11.5 Å². The number of rotatable bonds is 6. The molecule has 2 aromatic carbocycles. The minimum absolute atomic E-state index is 0.111. The number of hydrogen-bond acceptors (Lipinski definition) is 6. The normalized spacial score (nSPS) is 11.3. The zero-order valence-electron chi connectivity index (χ0n) is 18.1. The molecule has 2 heterocycles. The van der Waals surface area contributed by atoms with Gasteiger partial charge in [0.25, 0.3) is 0 Å². The summed E-state index contributed by atoms with van der Waals surface area (Å²) in [6, 6.07) is 19.0. The quantitative estimate of drug-likeness (QED) is 0.459. The molecule has 0 amide bonds. The highest BCUT2D eigenvalue weighted by Gasteiger charge is 2.09. The molecule has 0 atom stereocenters. The van der Waals surface area contributed by atoms with Crippen molar-refractivity contribution in [1.82, 2.24) is 19.1 Å². The molecule has 4 aromatic rings. The molecule has 0 fully saturated rings. The lowest BCUT2D eigenvalue weighted by molar-refractivity contribution is 0.461. The molecule has 0 bridgehead atoms. The van der Waals surface area contributed by atoms with Gasteiger partial charge in [-0.2, -0.15) is 5.26 Å². The van der Waals surface area contributed by atoms with Crippen LogP contribution in [-0.4, -0.2) is 19.1 Å². The van der Waals surface area contributed by atoms with Crippen molar-refractivity contribution in [1.29, 1.82) is 5.26 Å². The Morgan fingerprint density at radius 1 is 1.09 bits per heavy atom. The lowest BCUT2D eigenvalue weighted by atomic mass is 10.2. The molecule has 4 rings (SSSR count).